The molecule has 0 N–H and O–H groups in total. The molecule has 0 bridgehead atoms. The van der Waals surface area contributed by atoms with Crippen molar-refractivity contribution in [2.24, 2.45) is 0 Å². The van der Waals surface area contributed by atoms with Crippen molar-refractivity contribution in [2.75, 3.05) is 11.5 Å². The first-order valence-electron chi connectivity index (χ1n) is 12.4. The van der Waals surface area contributed by atoms with E-state index >= 15 is 0 Å². The van der Waals surface area contributed by atoms with Gasteiger partial charge in [-0.1, -0.05) is 55.5 Å². The molecule has 3 heterocycles. The number of esters is 1. The molecule has 1 aliphatic rings. The molecule has 1 aliphatic heterocycles. The quantitative estimate of drug-likeness (QED) is 0.245. The van der Waals surface area contributed by atoms with Crippen molar-refractivity contribution < 1.29 is 18.7 Å². The van der Waals surface area contributed by atoms with Gasteiger partial charge in [0.25, 0.3) is 5.91 Å². The van der Waals surface area contributed by atoms with Gasteiger partial charge >= 0.3 is 5.97 Å². The maximum absolute atomic E-state index is 13.9. The van der Waals surface area contributed by atoms with Crippen molar-refractivity contribution in [1.82, 2.24) is 4.98 Å². The highest BCUT2D eigenvalue weighted by Gasteiger charge is 2.45. The summed E-state index contributed by atoms with van der Waals surface area (Å²) in [6.07, 6.45) is 0. The number of thiazole rings is 1. The van der Waals surface area contributed by atoms with E-state index in [0.29, 0.717) is 33.1 Å². The molecule has 1 amide bonds. The maximum Gasteiger partial charge on any atom is 0.338 e. The number of rotatable bonds is 5. The molecule has 1 unspecified atom stereocenters. The number of carbonyl (C=O) groups excluding carboxylic acids is 2. The highest BCUT2D eigenvalue weighted by molar-refractivity contribution is 7.22. The van der Waals surface area contributed by atoms with Gasteiger partial charge in [0.15, 0.2) is 10.6 Å². The fraction of sp³-hybridized carbons (Fsp3) is 0.200. The SMILES string of the molecule is CCOC(=O)c1ccc(C2c3c(oc4ccccc4c3=O)C(=O)N2c2nc3ccc(C(C)C)cc3s2)cc1. The van der Waals surface area contributed by atoms with Gasteiger partial charge in [0.2, 0.25) is 5.76 Å². The molecule has 6 rings (SSSR count). The third-order valence-corrected chi connectivity index (χ3v) is 7.81. The standard InChI is InChI=1S/C30H24N2O5S/c1-4-36-29(35)18-11-9-17(10-12-18)25-24-26(33)20-7-5-6-8-22(20)37-27(24)28(34)32(25)30-31-21-14-13-19(16(2)3)15-23(21)38-30/h5-16,25H,4H2,1-3H3. The van der Waals surface area contributed by atoms with E-state index in [9.17, 15) is 14.4 Å². The summed E-state index contributed by atoms with van der Waals surface area (Å²) < 4.78 is 12.1. The summed E-state index contributed by atoms with van der Waals surface area (Å²) in [5.74, 6) is -0.500. The molecule has 0 aliphatic carbocycles. The Balaban J connectivity index is 1.55. The van der Waals surface area contributed by atoms with Crippen LogP contribution in [0.4, 0.5) is 5.13 Å². The smallest absolute Gasteiger partial charge is 0.338 e. The van der Waals surface area contributed by atoms with E-state index in [1.54, 1.807) is 55.5 Å². The van der Waals surface area contributed by atoms with Gasteiger partial charge in [-0.05, 0) is 60.4 Å². The van der Waals surface area contributed by atoms with Gasteiger partial charge in [-0.3, -0.25) is 14.5 Å². The molecule has 7 nitrogen and oxygen atoms in total. The number of anilines is 1. The van der Waals surface area contributed by atoms with Crippen molar-refractivity contribution in [1.29, 1.82) is 0 Å². The maximum atomic E-state index is 13.9. The van der Waals surface area contributed by atoms with Gasteiger partial charge in [0, 0.05) is 0 Å². The summed E-state index contributed by atoms with van der Waals surface area (Å²) in [5.41, 5.74) is 3.36. The predicted molar refractivity (Wildman–Crippen MR) is 147 cm³/mol. The van der Waals surface area contributed by atoms with Crippen LogP contribution in [0.1, 0.15) is 70.3 Å². The third-order valence-electron chi connectivity index (χ3n) is 6.79. The number of hydrogen-bond acceptors (Lipinski definition) is 7. The Morgan fingerprint density at radius 3 is 2.58 bits per heavy atom. The number of aromatic nitrogens is 1. The molecule has 3 aromatic carbocycles. The van der Waals surface area contributed by atoms with E-state index < -0.39 is 17.9 Å². The first kappa shape index (κ1) is 24.1. The fourth-order valence-corrected chi connectivity index (χ4v) is 5.88. The third kappa shape index (κ3) is 3.80. The average Bonchev–Trinajstić information content (AvgIpc) is 3.47. The topological polar surface area (TPSA) is 89.7 Å². The first-order chi connectivity index (χ1) is 18.4. The van der Waals surface area contributed by atoms with Crippen LogP contribution >= 0.6 is 11.3 Å². The Kier molecular flexibility index (Phi) is 5.84. The summed E-state index contributed by atoms with van der Waals surface area (Å²) in [4.78, 5) is 46.2. The van der Waals surface area contributed by atoms with Crippen molar-refractivity contribution >= 4 is 49.5 Å². The molecule has 0 radical (unpaired) electrons. The Morgan fingerprint density at radius 2 is 1.84 bits per heavy atom. The summed E-state index contributed by atoms with van der Waals surface area (Å²) in [6, 6.07) is 19.0. The number of ether oxygens (including phenoxy) is 1. The zero-order chi connectivity index (χ0) is 26.6. The van der Waals surface area contributed by atoms with Crippen LogP contribution < -0.4 is 10.3 Å². The molecule has 0 saturated heterocycles. The minimum atomic E-state index is -0.764. The molecule has 1 atom stereocenters. The predicted octanol–water partition coefficient (Wildman–Crippen LogP) is 6.45. The lowest BCUT2D eigenvalue weighted by atomic mass is 9.98. The van der Waals surface area contributed by atoms with Crippen LogP contribution in [0.5, 0.6) is 0 Å². The highest BCUT2D eigenvalue weighted by Crippen LogP contribution is 2.44. The van der Waals surface area contributed by atoms with E-state index in [0.717, 1.165) is 10.2 Å². The zero-order valence-corrected chi connectivity index (χ0v) is 21.9. The normalized spacial score (nSPS) is 15.0. The average molecular weight is 525 g/mol. The lowest BCUT2D eigenvalue weighted by Gasteiger charge is -2.22. The van der Waals surface area contributed by atoms with Crippen molar-refractivity contribution in [3.8, 4) is 0 Å². The second-order valence-corrected chi connectivity index (χ2v) is 10.5. The second-order valence-electron chi connectivity index (χ2n) is 9.47. The molecule has 2 aromatic heterocycles. The minimum Gasteiger partial charge on any atom is -0.462 e. The van der Waals surface area contributed by atoms with Crippen LogP contribution in [0.2, 0.25) is 0 Å². The lowest BCUT2D eigenvalue weighted by molar-refractivity contribution is 0.0526. The van der Waals surface area contributed by atoms with Gasteiger partial charge < -0.3 is 9.15 Å². The van der Waals surface area contributed by atoms with E-state index in [1.807, 2.05) is 12.1 Å². The Hall–Kier alpha value is -4.30. The van der Waals surface area contributed by atoms with E-state index in [1.165, 1.54) is 21.8 Å². The second kappa shape index (κ2) is 9.22. The number of para-hydroxylation sites is 1. The van der Waals surface area contributed by atoms with Crippen LogP contribution in [0.15, 0.2) is 75.9 Å². The molecule has 8 heteroatoms. The molecule has 5 aromatic rings. The summed E-state index contributed by atoms with van der Waals surface area (Å²) >= 11 is 1.40. The summed E-state index contributed by atoms with van der Waals surface area (Å²) in [6.45, 7) is 6.27. The van der Waals surface area contributed by atoms with Crippen LogP contribution in [0, 0.1) is 0 Å². The molecule has 0 saturated carbocycles. The molecular weight excluding hydrogens is 500 g/mol. The number of nitrogens with zero attached hydrogens (tertiary/aromatic N) is 2. The van der Waals surface area contributed by atoms with Crippen molar-refractivity contribution in [3.63, 3.8) is 0 Å². The van der Waals surface area contributed by atoms with Crippen LogP contribution in [0.25, 0.3) is 21.2 Å². The van der Waals surface area contributed by atoms with Gasteiger partial charge in [0.05, 0.1) is 39.4 Å². The number of carbonyl (C=O) groups is 2. The van der Waals surface area contributed by atoms with Gasteiger partial charge in [-0.2, -0.15) is 0 Å². The fourth-order valence-electron chi connectivity index (χ4n) is 4.84. The highest BCUT2D eigenvalue weighted by atomic mass is 32.1. The number of amides is 1. The number of benzene rings is 3. The molecule has 0 spiro atoms. The first-order valence-corrected chi connectivity index (χ1v) is 13.3. The minimum absolute atomic E-state index is 0.00953. The Labute approximate surface area is 222 Å². The van der Waals surface area contributed by atoms with Gasteiger partial charge in [-0.15, -0.1) is 0 Å². The molecular formula is C30H24N2O5S. The van der Waals surface area contributed by atoms with E-state index in [4.69, 9.17) is 14.1 Å². The Bertz CT molecular complexity index is 1780. The largest absolute Gasteiger partial charge is 0.462 e. The van der Waals surface area contributed by atoms with Gasteiger partial charge in [0.1, 0.15) is 5.58 Å². The number of fused-ring (bicyclic) bond motifs is 3. The van der Waals surface area contributed by atoms with Gasteiger partial charge in [-0.25, -0.2) is 9.78 Å². The number of hydrogen-bond donors (Lipinski definition) is 0. The molecule has 190 valence electrons. The lowest BCUT2D eigenvalue weighted by Crippen LogP contribution is -2.29. The molecule has 38 heavy (non-hydrogen) atoms. The van der Waals surface area contributed by atoms with E-state index in [-0.39, 0.29) is 23.4 Å². The monoisotopic (exact) mass is 524 g/mol. The van der Waals surface area contributed by atoms with Crippen molar-refractivity contribution in [2.45, 2.75) is 32.7 Å². The summed E-state index contributed by atoms with van der Waals surface area (Å²) in [5, 5.41) is 0.875. The molecule has 0 fully saturated rings. The Morgan fingerprint density at radius 1 is 1.08 bits per heavy atom. The van der Waals surface area contributed by atoms with E-state index in [2.05, 4.69) is 19.9 Å². The van der Waals surface area contributed by atoms with Crippen molar-refractivity contribution in [3.05, 3.63) is 105 Å². The summed E-state index contributed by atoms with van der Waals surface area (Å²) in [7, 11) is 0. The van der Waals surface area contributed by atoms with Crippen LogP contribution in [-0.4, -0.2) is 23.5 Å². The van der Waals surface area contributed by atoms with Crippen LogP contribution in [0.3, 0.4) is 0 Å². The van der Waals surface area contributed by atoms with Crippen LogP contribution in [-0.2, 0) is 4.74 Å². The zero-order valence-electron chi connectivity index (χ0n) is 21.1.